The van der Waals surface area contributed by atoms with Crippen LogP contribution in [0.5, 0.6) is 0 Å². The average molecular weight is 444 g/mol. The third-order valence-electron chi connectivity index (χ3n) is 6.10. The van der Waals surface area contributed by atoms with Gasteiger partial charge in [0.05, 0.1) is 5.69 Å². The molecule has 2 N–H and O–H groups in total. The Morgan fingerprint density at radius 2 is 1.82 bits per heavy atom. The van der Waals surface area contributed by atoms with Gasteiger partial charge in [0.1, 0.15) is 5.82 Å². The molecule has 1 aliphatic rings. The Hall–Kier alpha value is -3.47. The number of halogens is 1. The van der Waals surface area contributed by atoms with Crippen molar-refractivity contribution in [2.75, 3.05) is 11.9 Å². The number of rotatable bonds is 8. The summed E-state index contributed by atoms with van der Waals surface area (Å²) in [6.07, 6.45) is 12.8. The third-order valence-corrected chi connectivity index (χ3v) is 6.10. The van der Waals surface area contributed by atoms with Crippen LogP contribution in [0, 0.1) is 11.7 Å². The highest BCUT2D eigenvalue weighted by Crippen LogP contribution is 2.26. The molecule has 1 amide bonds. The number of anilines is 2. The number of nitrogens with one attached hydrogen (secondary N) is 2. The molecule has 33 heavy (non-hydrogen) atoms. The molecule has 2 aromatic carbocycles. The lowest BCUT2D eigenvalue weighted by Gasteiger charge is -2.21. The first-order chi connectivity index (χ1) is 16.2. The van der Waals surface area contributed by atoms with Crippen LogP contribution in [-0.2, 0) is 0 Å². The van der Waals surface area contributed by atoms with E-state index in [1.54, 1.807) is 36.5 Å². The summed E-state index contributed by atoms with van der Waals surface area (Å²) in [5.74, 6) is 0.336. The first kappa shape index (κ1) is 22.7. The van der Waals surface area contributed by atoms with Crippen molar-refractivity contribution in [3.05, 3.63) is 89.5 Å². The van der Waals surface area contributed by atoms with Crippen molar-refractivity contribution in [3.63, 3.8) is 0 Å². The fourth-order valence-corrected chi connectivity index (χ4v) is 4.26. The number of pyridine rings is 1. The van der Waals surface area contributed by atoms with Crippen LogP contribution in [0.3, 0.4) is 0 Å². The molecule has 1 aliphatic carbocycles. The number of amides is 1. The Balaban J connectivity index is 1.34. The summed E-state index contributed by atoms with van der Waals surface area (Å²) in [4.78, 5) is 16.8. The summed E-state index contributed by atoms with van der Waals surface area (Å²) in [7, 11) is 0. The zero-order valence-electron chi connectivity index (χ0n) is 18.8. The molecule has 170 valence electrons. The second kappa shape index (κ2) is 11.4. The Kier molecular flexibility index (Phi) is 7.85. The van der Waals surface area contributed by atoms with E-state index in [0.29, 0.717) is 23.4 Å². The van der Waals surface area contributed by atoms with E-state index in [-0.39, 0.29) is 11.7 Å². The summed E-state index contributed by atoms with van der Waals surface area (Å²) in [6, 6.07) is 17.9. The first-order valence-corrected chi connectivity index (χ1v) is 11.7. The molecule has 0 radical (unpaired) electrons. The minimum absolute atomic E-state index is 0.0735. The van der Waals surface area contributed by atoms with Crippen molar-refractivity contribution >= 4 is 29.4 Å². The lowest BCUT2D eigenvalue weighted by atomic mass is 9.87. The summed E-state index contributed by atoms with van der Waals surface area (Å²) in [5, 5.41) is 6.23. The van der Waals surface area contributed by atoms with E-state index in [9.17, 15) is 9.18 Å². The van der Waals surface area contributed by atoms with Crippen LogP contribution in [0.2, 0.25) is 0 Å². The van der Waals surface area contributed by atoms with Gasteiger partial charge in [-0.05, 0) is 73.0 Å². The molecule has 5 heteroatoms. The highest BCUT2D eigenvalue weighted by atomic mass is 19.1. The fourth-order valence-electron chi connectivity index (χ4n) is 4.26. The van der Waals surface area contributed by atoms with E-state index in [4.69, 9.17) is 0 Å². The van der Waals surface area contributed by atoms with Gasteiger partial charge in [-0.3, -0.25) is 9.78 Å². The maximum absolute atomic E-state index is 14.6. The Morgan fingerprint density at radius 1 is 0.970 bits per heavy atom. The predicted octanol–water partition coefficient (Wildman–Crippen LogP) is 6.83. The molecule has 4 nitrogen and oxygen atoms in total. The molecule has 0 aliphatic heterocycles. The topological polar surface area (TPSA) is 54.0 Å². The highest BCUT2D eigenvalue weighted by Gasteiger charge is 2.14. The molecule has 0 atom stereocenters. The summed E-state index contributed by atoms with van der Waals surface area (Å²) in [6.45, 7) is 0.708. The molecule has 0 saturated heterocycles. The van der Waals surface area contributed by atoms with Gasteiger partial charge in [-0.1, -0.05) is 44.2 Å². The number of carbonyl (C=O) groups is 1. The number of hydrogen-bond acceptors (Lipinski definition) is 3. The molecule has 0 bridgehead atoms. The van der Waals surface area contributed by atoms with Gasteiger partial charge < -0.3 is 10.6 Å². The molecule has 4 rings (SSSR count). The molecule has 0 spiro atoms. The maximum atomic E-state index is 14.6. The van der Waals surface area contributed by atoms with E-state index in [1.807, 2.05) is 36.4 Å². The number of benzene rings is 2. The van der Waals surface area contributed by atoms with Crippen molar-refractivity contribution in [1.82, 2.24) is 10.3 Å². The lowest BCUT2D eigenvalue weighted by Crippen LogP contribution is -2.26. The summed E-state index contributed by atoms with van der Waals surface area (Å²) < 4.78 is 14.6. The molecule has 1 aromatic heterocycles. The molecule has 1 fully saturated rings. The number of nitrogens with zero attached hydrogens (tertiary/aromatic N) is 1. The van der Waals surface area contributed by atoms with Gasteiger partial charge in [0.2, 0.25) is 0 Å². The largest absolute Gasteiger partial charge is 0.355 e. The van der Waals surface area contributed by atoms with E-state index < -0.39 is 0 Å². The Labute approximate surface area is 195 Å². The van der Waals surface area contributed by atoms with Gasteiger partial charge >= 0.3 is 0 Å². The van der Waals surface area contributed by atoms with Crippen molar-refractivity contribution in [3.8, 4) is 0 Å². The molecule has 1 saturated carbocycles. The fraction of sp³-hybridized carbons (Fsp3) is 0.286. The second-order valence-electron chi connectivity index (χ2n) is 8.58. The predicted molar refractivity (Wildman–Crippen MR) is 133 cm³/mol. The van der Waals surface area contributed by atoms with Crippen molar-refractivity contribution in [2.45, 2.75) is 38.5 Å². The van der Waals surface area contributed by atoms with Gasteiger partial charge in [0.15, 0.2) is 0 Å². The lowest BCUT2D eigenvalue weighted by molar-refractivity contribution is 0.0950. The van der Waals surface area contributed by atoms with Crippen molar-refractivity contribution in [1.29, 1.82) is 0 Å². The smallest absolute Gasteiger partial charge is 0.251 e. The molecule has 3 aromatic rings. The third kappa shape index (κ3) is 6.75. The highest BCUT2D eigenvalue weighted by molar-refractivity contribution is 5.95. The minimum Gasteiger partial charge on any atom is -0.355 e. The van der Waals surface area contributed by atoms with Gasteiger partial charge in [-0.25, -0.2) is 4.39 Å². The van der Waals surface area contributed by atoms with E-state index in [1.165, 1.54) is 38.2 Å². The van der Waals surface area contributed by atoms with Crippen LogP contribution >= 0.6 is 0 Å². The van der Waals surface area contributed by atoms with Crippen molar-refractivity contribution < 1.29 is 9.18 Å². The van der Waals surface area contributed by atoms with Crippen LogP contribution in [0.15, 0.2) is 66.9 Å². The quantitative estimate of drug-likeness (QED) is 0.401. The van der Waals surface area contributed by atoms with E-state index >= 15 is 0 Å². The molecular weight excluding hydrogens is 413 g/mol. The number of hydrogen-bond donors (Lipinski definition) is 2. The standard InChI is InChI=1S/C28H30FN3O/c29-27-20-26(15-13-22(27)12-14-24-10-4-5-17-30-24)32-25-11-6-9-23(19-25)28(33)31-18-16-21-7-2-1-3-8-21/h4-6,9-15,17,19-21,32H,1-3,7-8,16,18H2,(H,31,33). The second-order valence-corrected chi connectivity index (χ2v) is 8.58. The summed E-state index contributed by atoms with van der Waals surface area (Å²) >= 11 is 0. The molecule has 1 heterocycles. The van der Waals surface area contributed by atoms with Gasteiger partial charge in [0.25, 0.3) is 5.91 Å². The molecule has 0 unspecified atom stereocenters. The Bertz CT molecular complexity index is 1090. The van der Waals surface area contributed by atoms with Crippen LogP contribution < -0.4 is 10.6 Å². The van der Waals surface area contributed by atoms with Crippen LogP contribution in [0.1, 0.15) is 60.1 Å². The average Bonchev–Trinajstić information content (AvgIpc) is 2.85. The SMILES string of the molecule is O=C(NCCC1CCCCC1)c1cccc(Nc2ccc(C=Cc3ccccn3)c(F)c2)c1. The zero-order valence-corrected chi connectivity index (χ0v) is 18.8. The number of aromatic nitrogens is 1. The van der Waals surface area contributed by atoms with Crippen LogP contribution in [0.4, 0.5) is 15.8 Å². The van der Waals surface area contributed by atoms with E-state index in [2.05, 4.69) is 15.6 Å². The van der Waals surface area contributed by atoms with Crippen molar-refractivity contribution in [2.24, 2.45) is 5.92 Å². The first-order valence-electron chi connectivity index (χ1n) is 11.7. The van der Waals surface area contributed by atoms with Crippen LogP contribution in [-0.4, -0.2) is 17.4 Å². The van der Waals surface area contributed by atoms with Gasteiger partial charge in [-0.2, -0.15) is 0 Å². The van der Waals surface area contributed by atoms with Crippen LogP contribution in [0.25, 0.3) is 12.2 Å². The Morgan fingerprint density at radius 3 is 2.61 bits per heavy atom. The maximum Gasteiger partial charge on any atom is 0.251 e. The summed E-state index contributed by atoms with van der Waals surface area (Å²) in [5.41, 5.74) is 3.22. The monoisotopic (exact) mass is 443 g/mol. The van der Waals surface area contributed by atoms with Gasteiger partial charge in [-0.15, -0.1) is 0 Å². The zero-order chi connectivity index (χ0) is 22.9. The number of carbonyl (C=O) groups excluding carboxylic acids is 1. The normalized spacial score (nSPS) is 14.3. The minimum atomic E-state index is -0.330. The molecular formula is C28H30FN3O. The van der Waals surface area contributed by atoms with Gasteiger partial charge in [0, 0.05) is 35.2 Å². The van der Waals surface area contributed by atoms with E-state index in [0.717, 1.165) is 23.7 Å².